The van der Waals surface area contributed by atoms with Gasteiger partial charge in [-0.3, -0.25) is 0 Å². The van der Waals surface area contributed by atoms with Crippen LogP contribution in [0.15, 0.2) is 0 Å². The fraction of sp³-hybridized carbons (Fsp3) is 1.00. The van der Waals surface area contributed by atoms with Crippen LogP contribution in [0, 0.1) is 5.92 Å². The average Bonchev–Trinajstić information content (AvgIpc) is 2.28. The summed E-state index contributed by atoms with van der Waals surface area (Å²) in [4.78, 5) is 0. The van der Waals surface area contributed by atoms with Gasteiger partial charge in [0.1, 0.15) is 0 Å². The fourth-order valence-corrected chi connectivity index (χ4v) is 2.32. The third kappa shape index (κ3) is 3.74. The highest BCUT2D eigenvalue weighted by Gasteiger charge is 2.26. The van der Waals surface area contributed by atoms with Crippen molar-refractivity contribution in [3.63, 3.8) is 0 Å². The van der Waals surface area contributed by atoms with Crippen LogP contribution in [0.3, 0.4) is 0 Å². The van der Waals surface area contributed by atoms with Gasteiger partial charge in [-0.05, 0) is 32.6 Å². The molecule has 0 radical (unpaired) electrons. The summed E-state index contributed by atoms with van der Waals surface area (Å²) in [6.07, 6.45) is 5.11. The number of ether oxygens (including phenoxy) is 1. The van der Waals surface area contributed by atoms with Crippen molar-refractivity contribution in [3.05, 3.63) is 0 Å². The summed E-state index contributed by atoms with van der Waals surface area (Å²) < 4.78 is 5.30. The molecule has 0 amide bonds. The normalized spacial score (nSPS) is 31.2. The van der Waals surface area contributed by atoms with Gasteiger partial charge < -0.3 is 15.2 Å². The number of hydrogen-bond donors (Lipinski definition) is 2. The lowest BCUT2D eigenvalue weighted by Gasteiger charge is -2.34. The minimum absolute atomic E-state index is 0.228. The van der Waals surface area contributed by atoms with E-state index in [1.54, 1.807) is 7.11 Å². The van der Waals surface area contributed by atoms with Crippen molar-refractivity contribution in [3.8, 4) is 0 Å². The molecule has 1 saturated carbocycles. The Labute approximate surface area is 93.2 Å². The van der Waals surface area contributed by atoms with Crippen LogP contribution in [0.1, 0.15) is 39.5 Å². The van der Waals surface area contributed by atoms with Crippen LogP contribution in [-0.4, -0.2) is 37.0 Å². The van der Waals surface area contributed by atoms with E-state index in [1.807, 2.05) is 0 Å². The molecule has 15 heavy (non-hydrogen) atoms. The summed E-state index contributed by atoms with van der Waals surface area (Å²) in [7, 11) is 1.74. The molecule has 0 bridgehead atoms. The Morgan fingerprint density at radius 3 is 2.60 bits per heavy atom. The van der Waals surface area contributed by atoms with Gasteiger partial charge in [-0.15, -0.1) is 0 Å². The predicted molar refractivity (Wildman–Crippen MR) is 61.9 cm³/mol. The number of hydrogen-bond acceptors (Lipinski definition) is 3. The smallest absolute Gasteiger partial charge is 0.0693 e. The van der Waals surface area contributed by atoms with E-state index in [0.29, 0.717) is 24.6 Å². The van der Waals surface area contributed by atoms with E-state index in [4.69, 9.17) is 4.74 Å². The largest absolute Gasteiger partial charge is 0.396 e. The highest BCUT2D eigenvalue weighted by Crippen LogP contribution is 2.24. The maximum absolute atomic E-state index is 9.30. The van der Waals surface area contributed by atoms with E-state index in [1.165, 1.54) is 19.3 Å². The van der Waals surface area contributed by atoms with Crippen LogP contribution >= 0.6 is 0 Å². The highest BCUT2D eigenvalue weighted by atomic mass is 16.5. The summed E-state index contributed by atoms with van der Waals surface area (Å²) in [5.74, 6) is 0.435. The summed E-state index contributed by atoms with van der Waals surface area (Å²) in [5, 5.41) is 12.9. The maximum atomic E-state index is 9.30. The average molecular weight is 215 g/mol. The SMILES string of the molecule is COC(C)C(C)NC1CCCCC1CO. The Bertz CT molecular complexity index is 175. The van der Waals surface area contributed by atoms with E-state index < -0.39 is 0 Å². The van der Waals surface area contributed by atoms with E-state index in [9.17, 15) is 5.11 Å². The van der Waals surface area contributed by atoms with Crippen LogP contribution in [0.4, 0.5) is 0 Å². The number of rotatable bonds is 5. The molecule has 4 atom stereocenters. The standard InChI is InChI=1S/C12H25NO2/c1-9(10(2)15-3)13-12-7-5-4-6-11(12)8-14/h9-14H,4-8H2,1-3H3. The van der Waals surface area contributed by atoms with Crippen LogP contribution in [0.5, 0.6) is 0 Å². The van der Waals surface area contributed by atoms with Gasteiger partial charge in [0.25, 0.3) is 0 Å². The van der Waals surface area contributed by atoms with Gasteiger partial charge in [0.15, 0.2) is 0 Å². The van der Waals surface area contributed by atoms with Gasteiger partial charge >= 0.3 is 0 Å². The molecular formula is C12H25NO2. The zero-order valence-corrected chi connectivity index (χ0v) is 10.2. The van der Waals surface area contributed by atoms with Crippen molar-refractivity contribution in [2.24, 2.45) is 5.92 Å². The van der Waals surface area contributed by atoms with Crippen molar-refractivity contribution in [1.82, 2.24) is 5.32 Å². The maximum Gasteiger partial charge on any atom is 0.0693 e. The van der Waals surface area contributed by atoms with Crippen molar-refractivity contribution < 1.29 is 9.84 Å². The first-order valence-corrected chi connectivity index (χ1v) is 6.08. The van der Waals surface area contributed by atoms with Gasteiger partial charge in [-0.1, -0.05) is 12.8 Å². The number of aliphatic hydroxyl groups is 1. The molecule has 1 aliphatic rings. The second-order valence-corrected chi connectivity index (χ2v) is 4.73. The molecule has 2 N–H and O–H groups in total. The van der Waals surface area contributed by atoms with Crippen molar-refractivity contribution in [2.45, 2.75) is 57.7 Å². The van der Waals surface area contributed by atoms with E-state index in [0.717, 1.165) is 6.42 Å². The van der Waals surface area contributed by atoms with Gasteiger partial charge in [0, 0.05) is 25.8 Å². The first-order chi connectivity index (χ1) is 7.19. The van der Waals surface area contributed by atoms with Gasteiger partial charge in [0.05, 0.1) is 6.10 Å². The molecule has 0 aliphatic heterocycles. The Kier molecular flexibility index (Phi) is 5.58. The molecular weight excluding hydrogens is 190 g/mol. The van der Waals surface area contributed by atoms with Crippen LogP contribution in [-0.2, 0) is 4.74 Å². The minimum atomic E-state index is 0.228. The summed E-state index contributed by atoms with van der Waals surface area (Å²) in [6, 6.07) is 0.823. The van der Waals surface area contributed by atoms with Crippen LogP contribution in [0.25, 0.3) is 0 Å². The molecule has 3 heteroatoms. The first-order valence-electron chi connectivity index (χ1n) is 6.08. The Morgan fingerprint density at radius 2 is 2.00 bits per heavy atom. The quantitative estimate of drug-likeness (QED) is 0.731. The molecule has 0 heterocycles. The lowest BCUT2D eigenvalue weighted by atomic mass is 9.84. The third-order valence-corrected chi connectivity index (χ3v) is 3.70. The Balaban J connectivity index is 2.40. The topological polar surface area (TPSA) is 41.5 Å². The molecule has 0 aromatic heterocycles. The van der Waals surface area contributed by atoms with Crippen LogP contribution < -0.4 is 5.32 Å². The molecule has 0 aromatic rings. The number of aliphatic hydroxyl groups excluding tert-OH is 1. The molecule has 0 saturated heterocycles. The second kappa shape index (κ2) is 6.46. The molecule has 1 rings (SSSR count). The zero-order chi connectivity index (χ0) is 11.3. The highest BCUT2D eigenvalue weighted by molar-refractivity contribution is 4.84. The Morgan fingerprint density at radius 1 is 1.33 bits per heavy atom. The molecule has 1 aliphatic carbocycles. The lowest BCUT2D eigenvalue weighted by molar-refractivity contribution is 0.0698. The van der Waals surface area contributed by atoms with Crippen molar-refractivity contribution in [1.29, 1.82) is 0 Å². The molecule has 0 aromatic carbocycles. The molecule has 90 valence electrons. The van der Waals surface area contributed by atoms with Gasteiger partial charge in [0.2, 0.25) is 0 Å². The van der Waals surface area contributed by atoms with Gasteiger partial charge in [-0.25, -0.2) is 0 Å². The molecule has 0 spiro atoms. The number of nitrogens with one attached hydrogen (secondary N) is 1. The lowest BCUT2D eigenvalue weighted by Crippen LogP contribution is -2.48. The first kappa shape index (κ1) is 12.9. The fourth-order valence-electron chi connectivity index (χ4n) is 2.32. The number of methoxy groups -OCH3 is 1. The summed E-state index contributed by atoms with van der Waals surface area (Å²) >= 11 is 0. The van der Waals surface area contributed by atoms with E-state index >= 15 is 0 Å². The summed E-state index contributed by atoms with van der Waals surface area (Å²) in [5.41, 5.74) is 0. The molecule has 3 nitrogen and oxygen atoms in total. The predicted octanol–water partition coefficient (Wildman–Crippen LogP) is 1.55. The monoisotopic (exact) mass is 215 g/mol. The molecule has 4 unspecified atom stereocenters. The third-order valence-electron chi connectivity index (χ3n) is 3.70. The van der Waals surface area contributed by atoms with Crippen molar-refractivity contribution >= 4 is 0 Å². The second-order valence-electron chi connectivity index (χ2n) is 4.73. The summed E-state index contributed by atoms with van der Waals surface area (Å²) in [6.45, 7) is 4.54. The Hall–Kier alpha value is -0.120. The van der Waals surface area contributed by atoms with Gasteiger partial charge in [-0.2, -0.15) is 0 Å². The van der Waals surface area contributed by atoms with Crippen molar-refractivity contribution in [2.75, 3.05) is 13.7 Å². The zero-order valence-electron chi connectivity index (χ0n) is 10.2. The van der Waals surface area contributed by atoms with E-state index in [-0.39, 0.29) is 6.10 Å². The van der Waals surface area contributed by atoms with Crippen LogP contribution in [0.2, 0.25) is 0 Å². The minimum Gasteiger partial charge on any atom is -0.396 e. The molecule has 1 fully saturated rings. The van der Waals surface area contributed by atoms with E-state index in [2.05, 4.69) is 19.2 Å².